The van der Waals surface area contributed by atoms with Gasteiger partial charge in [0, 0.05) is 6.54 Å². The molecule has 0 aliphatic carbocycles. The molecule has 0 aromatic heterocycles. The minimum atomic E-state index is -2.52. The summed E-state index contributed by atoms with van der Waals surface area (Å²) in [7, 11) is -2.52. The highest BCUT2D eigenvalue weighted by Gasteiger charge is 2.44. The Morgan fingerprint density at radius 2 is 2.00 bits per heavy atom. The highest BCUT2D eigenvalue weighted by Crippen LogP contribution is 2.46. The fraction of sp³-hybridized carbons (Fsp3) is 0.682. The van der Waals surface area contributed by atoms with E-state index < -0.39 is 12.6 Å². The van der Waals surface area contributed by atoms with E-state index in [0.717, 1.165) is 43.5 Å². The molecule has 1 unspecified atom stereocenters. The molecule has 0 bridgehead atoms. The quantitative estimate of drug-likeness (QED) is 0.853. The maximum Gasteiger partial charge on any atom is 0.410 e. The Morgan fingerprint density at radius 3 is 2.67 bits per heavy atom. The molecular weight excluding hydrogens is 340 g/mol. The largest absolute Gasteiger partial charge is 0.496 e. The summed E-state index contributed by atoms with van der Waals surface area (Å²) in [5.41, 5.74) is 1.15. The number of hydrogen-bond donors (Lipinski definition) is 1. The second-order valence-corrected chi connectivity index (χ2v) is 8.73. The summed E-state index contributed by atoms with van der Waals surface area (Å²) >= 11 is 0. The van der Waals surface area contributed by atoms with Crippen LogP contribution < -0.4 is 10.1 Å². The average molecular weight is 378 g/mol. The molecular formula is C22H34N2O3. The fourth-order valence-electron chi connectivity index (χ4n) is 4.57. The van der Waals surface area contributed by atoms with E-state index >= 15 is 0 Å². The van der Waals surface area contributed by atoms with E-state index in [0.29, 0.717) is 24.1 Å². The van der Waals surface area contributed by atoms with E-state index in [1.165, 1.54) is 0 Å². The summed E-state index contributed by atoms with van der Waals surface area (Å²) in [6, 6.07) is 5.33. The van der Waals surface area contributed by atoms with Crippen molar-refractivity contribution < 1.29 is 18.4 Å². The van der Waals surface area contributed by atoms with Crippen LogP contribution in [0.2, 0.25) is 0 Å². The first-order valence-corrected chi connectivity index (χ1v) is 9.95. The third-order valence-corrected chi connectivity index (χ3v) is 5.82. The number of methoxy groups -OCH3 is 1. The van der Waals surface area contributed by atoms with E-state index in [9.17, 15) is 4.79 Å². The summed E-state index contributed by atoms with van der Waals surface area (Å²) in [6.45, 7) is 10.1. The zero-order valence-corrected chi connectivity index (χ0v) is 16.9. The van der Waals surface area contributed by atoms with Crippen molar-refractivity contribution >= 4 is 6.09 Å². The number of hydrogen-bond acceptors (Lipinski definition) is 4. The molecule has 0 radical (unpaired) electrons. The van der Waals surface area contributed by atoms with Crippen molar-refractivity contribution in [3.63, 3.8) is 0 Å². The number of carbonyl (C=O) groups excluding carboxylic acids is 1. The number of carbonyl (C=O) groups is 1. The Labute approximate surface area is 167 Å². The number of benzene rings is 1. The Kier molecular flexibility index (Phi) is 4.86. The number of rotatable bonds is 3. The summed E-state index contributed by atoms with van der Waals surface area (Å²) < 4.78 is 33.4. The van der Waals surface area contributed by atoms with Crippen LogP contribution in [0.4, 0.5) is 4.79 Å². The molecule has 0 spiro atoms. The van der Waals surface area contributed by atoms with Crippen LogP contribution in [0.5, 0.6) is 5.75 Å². The van der Waals surface area contributed by atoms with E-state index in [4.69, 9.17) is 13.6 Å². The second kappa shape index (κ2) is 8.09. The lowest BCUT2D eigenvalue weighted by atomic mass is 9.77. The van der Waals surface area contributed by atoms with Gasteiger partial charge in [0.25, 0.3) is 0 Å². The highest BCUT2D eigenvalue weighted by molar-refractivity contribution is 5.69. The van der Waals surface area contributed by atoms with Crippen LogP contribution in [-0.4, -0.2) is 43.3 Å². The van der Waals surface area contributed by atoms with Crippen molar-refractivity contribution in [3.8, 4) is 5.75 Å². The van der Waals surface area contributed by atoms with Crippen LogP contribution >= 0.6 is 0 Å². The van der Waals surface area contributed by atoms with Crippen LogP contribution in [-0.2, 0) is 4.74 Å². The monoisotopic (exact) mass is 377 g/mol. The molecule has 27 heavy (non-hydrogen) atoms. The predicted molar refractivity (Wildman–Crippen MR) is 107 cm³/mol. The number of nitrogens with zero attached hydrogens (tertiary/aromatic N) is 1. The van der Waals surface area contributed by atoms with Crippen molar-refractivity contribution in [1.82, 2.24) is 10.2 Å². The molecule has 1 aromatic rings. The zero-order valence-electron chi connectivity index (χ0n) is 19.9. The molecule has 2 heterocycles. The van der Waals surface area contributed by atoms with Crippen molar-refractivity contribution in [2.75, 3.05) is 26.7 Å². The summed E-state index contributed by atoms with van der Waals surface area (Å²) in [4.78, 5) is 14.9. The predicted octanol–water partition coefficient (Wildman–Crippen LogP) is 4.30. The number of ether oxygens (including phenoxy) is 2. The molecule has 5 heteroatoms. The van der Waals surface area contributed by atoms with Crippen molar-refractivity contribution in [2.45, 2.75) is 58.6 Å². The molecule has 1 aromatic carbocycles. The number of likely N-dealkylation sites (tertiary alicyclic amines) is 1. The van der Waals surface area contributed by atoms with Gasteiger partial charge in [-0.05, 0) is 89.1 Å². The van der Waals surface area contributed by atoms with Gasteiger partial charge in [-0.25, -0.2) is 4.79 Å². The number of amides is 1. The molecule has 2 aliphatic heterocycles. The van der Waals surface area contributed by atoms with E-state index in [-0.39, 0.29) is 12.1 Å². The zero-order chi connectivity index (χ0) is 22.1. The maximum absolute atomic E-state index is 13.1. The van der Waals surface area contributed by atoms with E-state index in [2.05, 4.69) is 5.32 Å². The number of piperidine rings is 1. The van der Waals surface area contributed by atoms with Gasteiger partial charge in [-0.3, -0.25) is 0 Å². The Bertz CT molecular complexity index is 755. The van der Waals surface area contributed by atoms with Gasteiger partial charge >= 0.3 is 6.09 Å². The van der Waals surface area contributed by atoms with Crippen LogP contribution in [0.25, 0.3) is 0 Å². The summed E-state index contributed by atoms with van der Waals surface area (Å²) in [5.74, 6) is 1.16. The topological polar surface area (TPSA) is 50.8 Å². The van der Waals surface area contributed by atoms with Gasteiger partial charge in [-0.15, -0.1) is 0 Å². The molecule has 150 valence electrons. The second-order valence-electron chi connectivity index (χ2n) is 8.73. The Hall–Kier alpha value is -1.75. The maximum atomic E-state index is 13.1. The molecule has 5 nitrogen and oxygen atoms in total. The highest BCUT2D eigenvalue weighted by atomic mass is 16.6. The minimum Gasteiger partial charge on any atom is -0.496 e. The first-order chi connectivity index (χ1) is 14.0. The normalized spacial score (nSPS) is 26.2. The molecule has 2 fully saturated rings. The standard InChI is InChI=1S/C22H34N2O3/c1-15-17(7-6-8-19(15)26-5)20-18(16-9-12-23-13-10-16)11-14-24(20)21(25)27-22(2,3)4/h6-8,16,18,20,23H,9-14H2,1-5H3/t18?,20-/m1/s1/i5D3. The van der Waals surface area contributed by atoms with Gasteiger partial charge in [0.05, 0.1) is 17.2 Å². The molecule has 2 atom stereocenters. The van der Waals surface area contributed by atoms with E-state index in [1.807, 2.05) is 44.7 Å². The van der Waals surface area contributed by atoms with Gasteiger partial charge in [0.2, 0.25) is 0 Å². The molecule has 3 rings (SSSR count). The van der Waals surface area contributed by atoms with Crippen molar-refractivity contribution in [1.29, 1.82) is 0 Å². The van der Waals surface area contributed by atoms with Crippen LogP contribution in [0, 0.1) is 18.8 Å². The first-order valence-electron chi connectivity index (χ1n) is 11.4. The first kappa shape index (κ1) is 16.2. The lowest BCUT2D eigenvalue weighted by Crippen LogP contribution is -2.39. The number of nitrogens with one attached hydrogen (secondary N) is 1. The molecule has 2 saturated heterocycles. The fourth-order valence-corrected chi connectivity index (χ4v) is 4.57. The molecule has 1 amide bonds. The average Bonchev–Trinajstić information content (AvgIpc) is 3.07. The van der Waals surface area contributed by atoms with Gasteiger partial charge in [-0.2, -0.15) is 0 Å². The SMILES string of the molecule is [2H]C([2H])([2H])Oc1cccc([C@@H]2C(C3CCNCC3)CCN2C(=O)OC(C)(C)C)c1C. The van der Waals surface area contributed by atoms with Gasteiger partial charge in [0.1, 0.15) is 11.4 Å². The third-order valence-electron chi connectivity index (χ3n) is 5.82. The summed E-state index contributed by atoms with van der Waals surface area (Å²) in [5, 5.41) is 3.42. The van der Waals surface area contributed by atoms with Gasteiger partial charge in [-0.1, -0.05) is 12.1 Å². The van der Waals surface area contributed by atoms with Crippen LogP contribution in [0.15, 0.2) is 18.2 Å². The Morgan fingerprint density at radius 1 is 1.26 bits per heavy atom. The van der Waals surface area contributed by atoms with Gasteiger partial charge in [0.15, 0.2) is 0 Å². The lowest BCUT2D eigenvalue weighted by Gasteiger charge is -2.36. The van der Waals surface area contributed by atoms with Crippen molar-refractivity contribution in [3.05, 3.63) is 29.3 Å². The van der Waals surface area contributed by atoms with Gasteiger partial charge < -0.3 is 19.7 Å². The molecule has 1 N–H and O–H groups in total. The van der Waals surface area contributed by atoms with Crippen LogP contribution in [0.3, 0.4) is 0 Å². The summed E-state index contributed by atoms with van der Waals surface area (Å²) in [6.07, 6.45) is 2.76. The smallest absolute Gasteiger partial charge is 0.410 e. The van der Waals surface area contributed by atoms with Crippen LogP contribution in [0.1, 0.15) is 61.3 Å². The third kappa shape index (κ3) is 4.40. The van der Waals surface area contributed by atoms with E-state index in [1.54, 1.807) is 6.07 Å². The lowest BCUT2D eigenvalue weighted by molar-refractivity contribution is 0.0185. The molecule has 2 aliphatic rings. The Balaban J connectivity index is 1.97. The van der Waals surface area contributed by atoms with Crippen molar-refractivity contribution in [2.24, 2.45) is 11.8 Å². The minimum absolute atomic E-state index is 0.150. The molecule has 0 saturated carbocycles.